The summed E-state index contributed by atoms with van der Waals surface area (Å²) in [6.45, 7) is 4.81. The van der Waals surface area contributed by atoms with Crippen LogP contribution in [0.4, 0.5) is 0 Å². The lowest BCUT2D eigenvalue weighted by molar-refractivity contribution is -0.151. The van der Waals surface area contributed by atoms with Crippen molar-refractivity contribution in [2.24, 2.45) is 11.7 Å². The van der Waals surface area contributed by atoms with E-state index in [1.807, 2.05) is 38.1 Å². The standard InChI is InChI=1S/C17H25NO3/c1-3-20-16(19)17(18)11-4-5-14(17)10-12-21-15-8-6-13(2)7-9-15/h6-9,14H,3-5,10-12,18H2,1-2H3. The maximum atomic E-state index is 12.1. The average Bonchev–Trinajstić information content (AvgIpc) is 2.84. The van der Waals surface area contributed by atoms with Crippen LogP contribution in [0.3, 0.4) is 0 Å². The normalized spacial score (nSPS) is 24.8. The van der Waals surface area contributed by atoms with Gasteiger partial charge in [0.15, 0.2) is 0 Å². The van der Waals surface area contributed by atoms with Crippen LogP contribution >= 0.6 is 0 Å². The maximum Gasteiger partial charge on any atom is 0.326 e. The lowest BCUT2D eigenvalue weighted by Gasteiger charge is -2.28. The summed E-state index contributed by atoms with van der Waals surface area (Å²) in [5, 5.41) is 0. The van der Waals surface area contributed by atoms with Crippen molar-refractivity contribution < 1.29 is 14.3 Å². The number of rotatable bonds is 6. The van der Waals surface area contributed by atoms with Crippen LogP contribution in [-0.2, 0) is 9.53 Å². The number of hydrogen-bond acceptors (Lipinski definition) is 4. The van der Waals surface area contributed by atoms with Crippen LogP contribution in [0.15, 0.2) is 24.3 Å². The highest BCUT2D eigenvalue weighted by atomic mass is 16.5. The van der Waals surface area contributed by atoms with Gasteiger partial charge in [-0.1, -0.05) is 24.1 Å². The Kier molecular flexibility index (Phi) is 5.23. The van der Waals surface area contributed by atoms with Crippen molar-refractivity contribution in [3.05, 3.63) is 29.8 Å². The molecule has 1 aromatic carbocycles. The molecule has 4 nitrogen and oxygen atoms in total. The first-order valence-corrected chi connectivity index (χ1v) is 7.72. The SMILES string of the molecule is CCOC(=O)C1(N)CCCC1CCOc1ccc(C)cc1. The molecule has 0 spiro atoms. The molecule has 0 saturated heterocycles. The van der Waals surface area contributed by atoms with Crippen molar-refractivity contribution in [1.29, 1.82) is 0 Å². The largest absolute Gasteiger partial charge is 0.494 e. The molecule has 0 bridgehead atoms. The summed E-state index contributed by atoms with van der Waals surface area (Å²) in [4.78, 5) is 12.1. The fourth-order valence-electron chi connectivity index (χ4n) is 2.99. The lowest BCUT2D eigenvalue weighted by Crippen LogP contribution is -2.52. The number of carbonyl (C=O) groups is 1. The minimum atomic E-state index is -0.827. The van der Waals surface area contributed by atoms with Crippen LogP contribution in [-0.4, -0.2) is 24.7 Å². The van der Waals surface area contributed by atoms with Gasteiger partial charge in [0.2, 0.25) is 0 Å². The zero-order valence-corrected chi connectivity index (χ0v) is 12.9. The molecule has 1 aromatic rings. The van der Waals surface area contributed by atoms with E-state index in [4.69, 9.17) is 15.2 Å². The van der Waals surface area contributed by atoms with Crippen molar-refractivity contribution in [1.82, 2.24) is 0 Å². The Hall–Kier alpha value is -1.55. The molecule has 116 valence electrons. The number of carbonyl (C=O) groups excluding carboxylic acids is 1. The summed E-state index contributed by atoms with van der Waals surface area (Å²) in [7, 11) is 0. The smallest absolute Gasteiger partial charge is 0.326 e. The molecule has 1 aliphatic rings. The fourth-order valence-corrected chi connectivity index (χ4v) is 2.99. The molecule has 1 saturated carbocycles. The summed E-state index contributed by atoms with van der Waals surface area (Å²) in [6.07, 6.45) is 3.43. The number of nitrogens with two attached hydrogens (primary N) is 1. The second kappa shape index (κ2) is 6.94. The Bertz CT molecular complexity index is 471. The van der Waals surface area contributed by atoms with Gasteiger partial charge in [0.25, 0.3) is 0 Å². The Morgan fingerprint density at radius 2 is 2.10 bits per heavy atom. The van der Waals surface area contributed by atoms with E-state index in [-0.39, 0.29) is 11.9 Å². The second-order valence-electron chi connectivity index (χ2n) is 5.80. The third-order valence-electron chi connectivity index (χ3n) is 4.28. The first-order chi connectivity index (χ1) is 10.1. The summed E-state index contributed by atoms with van der Waals surface area (Å²) in [5.74, 6) is 0.738. The Balaban J connectivity index is 1.87. The van der Waals surface area contributed by atoms with Gasteiger partial charge in [-0.05, 0) is 51.2 Å². The zero-order valence-electron chi connectivity index (χ0n) is 12.9. The third kappa shape index (κ3) is 3.76. The molecule has 2 atom stereocenters. The van der Waals surface area contributed by atoms with Crippen LogP contribution in [0.2, 0.25) is 0 Å². The van der Waals surface area contributed by atoms with Gasteiger partial charge in [0, 0.05) is 0 Å². The molecule has 2 N–H and O–H groups in total. The summed E-state index contributed by atoms with van der Waals surface area (Å²) in [5.41, 5.74) is 6.69. The lowest BCUT2D eigenvalue weighted by atomic mass is 9.86. The molecule has 1 aliphatic carbocycles. The molecule has 4 heteroatoms. The molecule has 2 unspecified atom stereocenters. The third-order valence-corrected chi connectivity index (χ3v) is 4.28. The van der Waals surface area contributed by atoms with Gasteiger partial charge in [0.05, 0.1) is 13.2 Å². The molecule has 0 heterocycles. The van der Waals surface area contributed by atoms with Crippen LogP contribution in [0.25, 0.3) is 0 Å². The molecule has 0 radical (unpaired) electrons. The van der Waals surface area contributed by atoms with Gasteiger partial charge in [0.1, 0.15) is 11.3 Å². The highest BCUT2D eigenvalue weighted by molar-refractivity contribution is 5.81. The van der Waals surface area contributed by atoms with Crippen molar-refractivity contribution in [2.75, 3.05) is 13.2 Å². The van der Waals surface area contributed by atoms with Crippen molar-refractivity contribution >= 4 is 5.97 Å². The van der Waals surface area contributed by atoms with Crippen molar-refractivity contribution in [2.45, 2.75) is 45.1 Å². The monoisotopic (exact) mass is 291 g/mol. The molecule has 0 aliphatic heterocycles. The van der Waals surface area contributed by atoms with Crippen LogP contribution < -0.4 is 10.5 Å². The number of esters is 1. The van der Waals surface area contributed by atoms with E-state index >= 15 is 0 Å². The van der Waals surface area contributed by atoms with E-state index in [9.17, 15) is 4.79 Å². The Morgan fingerprint density at radius 1 is 1.38 bits per heavy atom. The highest BCUT2D eigenvalue weighted by Gasteiger charge is 2.46. The van der Waals surface area contributed by atoms with Gasteiger partial charge >= 0.3 is 5.97 Å². The minimum Gasteiger partial charge on any atom is -0.494 e. The molecule has 1 fully saturated rings. The molecular weight excluding hydrogens is 266 g/mol. The minimum absolute atomic E-state index is 0.141. The fraction of sp³-hybridized carbons (Fsp3) is 0.588. The average molecular weight is 291 g/mol. The number of hydrogen-bond donors (Lipinski definition) is 1. The first kappa shape index (κ1) is 15.8. The van der Waals surface area contributed by atoms with Crippen molar-refractivity contribution in [3.63, 3.8) is 0 Å². The van der Waals surface area contributed by atoms with Crippen molar-refractivity contribution in [3.8, 4) is 5.75 Å². The van der Waals surface area contributed by atoms with Gasteiger partial charge in [-0.15, -0.1) is 0 Å². The molecule has 2 rings (SSSR count). The van der Waals surface area contributed by atoms with E-state index < -0.39 is 5.54 Å². The maximum absolute atomic E-state index is 12.1. The first-order valence-electron chi connectivity index (χ1n) is 7.72. The number of ether oxygens (including phenoxy) is 2. The summed E-state index contributed by atoms with van der Waals surface area (Å²) in [6, 6.07) is 7.98. The van der Waals surface area contributed by atoms with Crippen LogP contribution in [0, 0.1) is 12.8 Å². The quantitative estimate of drug-likeness (QED) is 0.819. The van der Waals surface area contributed by atoms with Gasteiger partial charge in [-0.25, -0.2) is 0 Å². The highest BCUT2D eigenvalue weighted by Crippen LogP contribution is 2.37. The predicted molar refractivity (Wildman–Crippen MR) is 82.2 cm³/mol. The van der Waals surface area contributed by atoms with Gasteiger partial charge < -0.3 is 15.2 Å². The number of benzene rings is 1. The Morgan fingerprint density at radius 3 is 2.76 bits per heavy atom. The van der Waals surface area contributed by atoms with E-state index in [1.165, 1.54) is 5.56 Å². The summed E-state index contributed by atoms with van der Waals surface area (Å²) < 4.78 is 10.9. The van der Waals surface area contributed by atoms with Gasteiger partial charge in [-0.2, -0.15) is 0 Å². The Labute approximate surface area is 126 Å². The predicted octanol–water partition coefficient (Wildman–Crippen LogP) is 2.82. The van der Waals surface area contributed by atoms with E-state index in [1.54, 1.807) is 0 Å². The molecular formula is C17H25NO3. The van der Waals surface area contributed by atoms with E-state index in [0.717, 1.165) is 25.0 Å². The summed E-state index contributed by atoms with van der Waals surface area (Å²) >= 11 is 0. The molecule has 0 amide bonds. The van der Waals surface area contributed by atoms with E-state index in [0.29, 0.717) is 19.6 Å². The van der Waals surface area contributed by atoms with Crippen LogP contribution in [0.1, 0.15) is 38.2 Å². The van der Waals surface area contributed by atoms with Gasteiger partial charge in [-0.3, -0.25) is 4.79 Å². The number of aryl methyl sites for hydroxylation is 1. The second-order valence-corrected chi connectivity index (χ2v) is 5.80. The van der Waals surface area contributed by atoms with Crippen LogP contribution in [0.5, 0.6) is 5.75 Å². The molecule has 0 aromatic heterocycles. The topological polar surface area (TPSA) is 61.5 Å². The molecule has 21 heavy (non-hydrogen) atoms. The van der Waals surface area contributed by atoms with E-state index in [2.05, 4.69) is 0 Å². The zero-order chi connectivity index (χ0) is 15.3.